The molecule has 1 aromatic heterocycles. The molecule has 1 spiro atoms. The first kappa shape index (κ1) is 16.4. The van der Waals surface area contributed by atoms with E-state index < -0.39 is 0 Å². The van der Waals surface area contributed by atoms with Gasteiger partial charge >= 0.3 is 0 Å². The number of halogens is 2. The first-order valence-electron chi connectivity index (χ1n) is 7.95. The Balaban J connectivity index is 0.00000156. The molecule has 2 saturated heterocycles. The van der Waals surface area contributed by atoms with E-state index in [9.17, 15) is 4.39 Å². The van der Waals surface area contributed by atoms with Gasteiger partial charge in [0.05, 0.1) is 11.9 Å². The minimum Gasteiger partial charge on any atom is -0.316 e. The Labute approximate surface area is 142 Å². The molecule has 2 aromatic rings. The van der Waals surface area contributed by atoms with E-state index >= 15 is 0 Å². The number of nitrogens with zero attached hydrogens (tertiary/aromatic N) is 3. The highest BCUT2D eigenvalue weighted by Gasteiger charge is 2.40. The predicted molar refractivity (Wildman–Crippen MR) is 90.6 cm³/mol. The molecular formula is C17H22ClFN4. The summed E-state index contributed by atoms with van der Waals surface area (Å²) in [7, 11) is 0. The third kappa shape index (κ3) is 3.42. The van der Waals surface area contributed by atoms with Crippen molar-refractivity contribution in [1.82, 2.24) is 20.0 Å². The third-order valence-corrected chi connectivity index (χ3v) is 4.98. The van der Waals surface area contributed by atoms with Crippen LogP contribution in [0, 0.1) is 11.2 Å². The second-order valence-corrected chi connectivity index (χ2v) is 6.66. The fourth-order valence-corrected chi connectivity index (χ4v) is 3.74. The van der Waals surface area contributed by atoms with Gasteiger partial charge in [-0.05, 0) is 55.6 Å². The molecule has 0 radical (unpaired) electrons. The summed E-state index contributed by atoms with van der Waals surface area (Å²) >= 11 is 0. The first-order chi connectivity index (χ1) is 10.7. The molecule has 1 N–H and O–H groups in total. The minimum atomic E-state index is -0.219. The van der Waals surface area contributed by atoms with Crippen LogP contribution in [0.3, 0.4) is 0 Å². The molecule has 6 heteroatoms. The highest BCUT2D eigenvalue weighted by Crippen LogP contribution is 2.36. The van der Waals surface area contributed by atoms with Crippen molar-refractivity contribution in [3.63, 3.8) is 0 Å². The number of rotatable bonds is 3. The Hall–Kier alpha value is -1.43. The molecule has 23 heavy (non-hydrogen) atoms. The molecule has 0 amide bonds. The fraction of sp³-hybridized carbons (Fsp3) is 0.471. The van der Waals surface area contributed by atoms with Crippen LogP contribution in [0.4, 0.5) is 4.39 Å². The number of benzene rings is 1. The molecule has 0 saturated carbocycles. The van der Waals surface area contributed by atoms with Crippen LogP contribution in [0.15, 0.2) is 36.7 Å². The summed E-state index contributed by atoms with van der Waals surface area (Å²) in [5, 5.41) is 7.90. The zero-order valence-corrected chi connectivity index (χ0v) is 13.9. The number of likely N-dealkylation sites (tertiary alicyclic amines) is 1. The van der Waals surface area contributed by atoms with Gasteiger partial charge in [-0.3, -0.25) is 4.90 Å². The predicted octanol–water partition coefficient (Wildman–Crippen LogP) is 2.62. The van der Waals surface area contributed by atoms with Gasteiger partial charge in [-0.2, -0.15) is 5.10 Å². The summed E-state index contributed by atoms with van der Waals surface area (Å²) in [6.07, 6.45) is 6.57. The zero-order valence-electron chi connectivity index (χ0n) is 13.0. The van der Waals surface area contributed by atoms with E-state index in [1.165, 1.54) is 50.2 Å². The lowest BCUT2D eigenvalue weighted by molar-refractivity contribution is 0.268. The molecule has 0 aliphatic carbocycles. The van der Waals surface area contributed by atoms with Crippen LogP contribution in [-0.2, 0) is 6.54 Å². The SMILES string of the molecule is Cl.Fc1ccc(-n2cc(CN3CCC4(CCNC4)C3)cn2)cc1. The van der Waals surface area contributed by atoms with Gasteiger partial charge in [0.1, 0.15) is 5.82 Å². The lowest BCUT2D eigenvalue weighted by atomic mass is 9.87. The summed E-state index contributed by atoms with van der Waals surface area (Å²) in [5.74, 6) is -0.219. The first-order valence-corrected chi connectivity index (χ1v) is 7.95. The van der Waals surface area contributed by atoms with Crippen molar-refractivity contribution < 1.29 is 4.39 Å². The summed E-state index contributed by atoms with van der Waals surface area (Å²) in [6.45, 7) is 5.63. The van der Waals surface area contributed by atoms with Gasteiger partial charge in [-0.25, -0.2) is 9.07 Å². The van der Waals surface area contributed by atoms with Crippen LogP contribution in [-0.4, -0.2) is 40.9 Å². The maximum Gasteiger partial charge on any atom is 0.123 e. The van der Waals surface area contributed by atoms with Gasteiger partial charge in [-0.1, -0.05) is 0 Å². The Bertz CT molecular complexity index is 649. The topological polar surface area (TPSA) is 33.1 Å². The Morgan fingerprint density at radius 3 is 2.78 bits per heavy atom. The van der Waals surface area contributed by atoms with Crippen molar-refractivity contribution in [3.05, 3.63) is 48.0 Å². The van der Waals surface area contributed by atoms with Crippen LogP contribution >= 0.6 is 12.4 Å². The summed E-state index contributed by atoms with van der Waals surface area (Å²) in [5.41, 5.74) is 2.62. The van der Waals surface area contributed by atoms with Crippen molar-refractivity contribution in [3.8, 4) is 5.69 Å². The smallest absolute Gasteiger partial charge is 0.123 e. The highest BCUT2D eigenvalue weighted by atomic mass is 35.5. The summed E-state index contributed by atoms with van der Waals surface area (Å²) in [4.78, 5) is 2.53. The monoisotopic (exact) mass is 336 g/mol. The maximum absolute atomic E-state index is 13.0. The Morgan fingerprint density at radius 1 is 1.22 bits per heavy atom. The Kier molecular flexibility index (Phi) is 4.71. The van der Waals surface area contributed by atoms with Crippen LogP contribution in [0.2, 0.25) is 0 Å². The Morgan fingerprint density at radius 2 is 2.04 bits per heavy atom. The number of hydrogen-bond donors (Lipinski definition) is 1. The number of aromatic nitrogens is 2. The standard InChI is InChI=1S/C17H21FN4.ClH/c18-15-1-3-16(4-2-15)22-11-14(9-20-22)10-21-8-6-17(13-21)5-7-19-12-17;/h1-4,9,11,19H,5-8,10,12-13H2;1H. The van der Waals surface area contributed by atoms with Crippen molar-refractivity contribution in [2.45, 2.75) is 19.4 Å². The van der Waals surface area contributed by atoms with Crippen molar-refractivity contribution >= 4 is 12.4 Å². The molecular weight excluding hydrogens is 315 g/mol. The molecule has 2 fully saturated rings. The molecule has 1 aromatic carbocycles. The van der Waals surface area contributed by atoms with E-state index in [1.54, 1.807) is 12.1 Å². The lowest BCUT2D eigenvalue weighted by Crippen LogP contribution is -2.28. The maximum atomic E-state index is 13.0. The van der Waals surface area contributed by atoms with Crippen molar-refractivity contribution in [1.29, 1.82) is 0 Å². The van der Waals surface area contributed by atoms with Gasteiger partial charge in [0, 0.05) is 31.4 Å². The third-order valence-electron chi connectivity index (χ3n) is 4.98. The summed E-state index contributed by atoms with van der Waals surface area (Å²) < 4.78 is 14.8. The quantitative estimate of drug-likeness (QED) is 0.935. The number of hydrogen-bond acceptors (Lipinski definition) is 3. The second-order valence-electron chi connectivity index (χ2n) is 6.66. The second kappa shape index (κ2) is 6.59. The molecule has 2 aliphatic heterocycles. The average Bonchev–Trinajstić information content (AvgIpc) is 3.24. The zero-order chi connectivity index (χ0) is 15.0. The van der Waals surface area contributed by atoms with E-state index in [0.717, 1.165) is 18.8 Å². The molecule has 3 heterocycles. The van der Waals surface area contributed by atoms with Crippen LogP contribution in [0.25, 0.3) is 5.69 Å². The molecule has 2 aliphatic rings. The molecule has 1 unspecified atom stereocenters. The molecule has 4 rings (SSSR count). The van der Waals surface area contributed by atoms with E-state index in [-0.39, 0.29) is 18.2 Å². The van der Waals surface area contributed by atoms with Gasteiger partial charge in [0.25, 0.3) is 0 Å². The average molecular weight is 337 g/mol. The van der Waals surface area contributed by atoms with Crippen molar-refractivity contribution in [2.75, 3.05) is 26.2 Å². The normalized spacial score (nSPS) is 24.2. The molecule has 124 valence electrons. The van der Waals surface area contributed by atoms with E-state index in [0.29, 0.717) is 5.41 Å². The van der Waals surface area contributed by atoms with Gasteiger partial charge in [0.2, 0.25) is 0 Å². The molecule has 0 bridgehead atoms. The lowest BCUT2D eigenvalue weighted by Gasteiger charge is -2.22. The summed E-state index contributed by atoms with van der Waals surface area (Å²) in [6, 6.07) is 6.43. The number of nitrogens with one attached hydrogen (secondary N) is 1. The van der Waals surface area contributed by atoms with Crippen molar-refractivity contribution in [2.24, 2.45) is 5.41 Å². The van der Waals surface area contributed by atoms with E-state index in [1.807, 2.05) is 17.1 Å². The van der Waals surface area contributed by atoms with E-state index in [2.05, 4.69) is 15.3 Å². The van der Waals surface area contributed by atoms with Crippen LogP contribution in [0.1, 0.15) is 18.4 Å². The molecule has 4 nitrogen and oxygen atoms in total. The highest BCUT2D eigenvalue weighted by molar-refractivity contribution is 5.85. The van der Waals surface area contributed by atoms with Crippen LogP contribution < -0.4 is 5.32 Å². The largest absolute Gasteiger partial charge is 0.316 e. The van der Waals surface area contributed by atoms with Crippen LogP contribution in [0.5, 0.6) is 0 Å². The van der Waals surface area contributed by atoms with Gasteiger partial charge < -0.3 is 5.32 Å². The fourth-order valence-electron chi connectivity index (χ4n) is 3.74. The molecule has 1 atom stereocenters. The van der Waals surface area contributed by atoms with Gasteiger partial charge in [-0.15, -0.1) is 12.4 Å². The van der Waals surface area contributed by atoms with E-state index in [4.69, 9.17) is 0 Å². The van der Waals surface area contributed by atoms with Gasteiger partial charge in [0.15, 0.2) is 0 Å². The minimum absolute atomic E-state index is 0.